The molecular formula is C21H24ClN3. The molecule has 25 heavy (non-hydrogen) atoms. The third-order valence-corrected chi connectivity index (χ3v) is 4.60. The Balaban J connectivity index is 2.17. The number of fused-ring (bicyclic) bond motifs is 1. The van der Waals surface area contributed by atoms with Gasteiger partial charge in [-0.25, -0.2) is 9.97 Å². The predicted octanol–water partition coefficient (Wildman–Crippen LogP) is 5.97. The zero-order valence-corrected chi connectivity index (χ0v) is 15.6. The van der Waals surface area contributed by atoms with Crippen LogP contribution in [0.3, 0.4) is 0 Å². The van der Waals surface area contributed by atoms with Crippen molar-refractivity contribution in [2.24, 2.45) is 0 Å². The van der Waals surface area contributed by atoms with Crippen molar-refractivity contribution >= 4 is 28.3 Å². The van der Waals surface area contributed by atoms with Crippen LogP contribution in [0.15, 0.2) is 48.5 Å². The van der Waals surface area contributed by atoms with Crippen molar-refractivity contribution in [2.45, 2.75) is 33.1 Å². The van der Waals surface area contributed by atoms with Crippen LogP contribution in [0.2, 0.25) is 5.02 Å². The highest BCUT2D eigenvalue weighted by Gasteiger charge is 2.15. The summed E-state index contributed by atoms with van der Waals surface area (Å²) in [4.78, 5) is 12.1. The number of rotatable bonds is 7. The van der Waals surface area contributed by atoms with E-state index >= 15 is 0 Å². The van der Waals surface area contributed by atoms with Crippen LogP contribution >= 0.6 is 11.6 Å². The number of unbranched alkanes of at least 4 members (excludes halogenated alkanes) is 1. The number of benzene rings is 2. The predicted molar refractivity (Wildman–Crippen MR) is 107 cm³/mol. The first kappa shape index (κ1) is 17.7. The summed E-state index contributed by atoms with van der Waals surface area (Å²) < 4.78 is 0. The molecule has 0 aliphatic carbocycles. The standard InChI is InChI=1S/C21H24ClN3/c1-3-5-15-25(14-4-2)21-17-11-7-9-13-19(17)23-20(24-21)16-10-6-8-12-18(16)22/h6-13H,3-5,14-15H2,1-2H3. The molecule has 0 spiro atoms. The minimum Gasteiger partial charge on any atom is -0.356 e. The lowest BCUT2D eigenvalue weighted by Gasteiger charge is -2.25. The first-order chi connectivity index (χ1) is 12.2. The van der Waals surface area contributed by atoms with Gasteiger partial charge in [0.2, 0.25) is 0 Å². The van der Waals surface area contributed by atoms with Gasteiger partial charge in [0.1, 0.15) is 5.82 Å². The Morgan fingerprint density at radius 1 is 0.880 bits per heavy atom. The highest BCUT2D eigenvalue weighted by Crippen LogP contribution is 2.31. The van der Waals surface area contributed by atoms with Crippen molar-refractivity contribution in [3.05, 3.63) is 53.6 Å². The molecule has 130 valence electrons. The normalized spacial score (nSPS) is 11.0. The first-order valence-electron chi connectivity index (χ1n) is 9.01. The zero-order valence-electron chi connectivity index (χ0n) is 14.9. The Kier molecular flexibility index (Phi) is 5.87. The number of hydrogen-bond donors (Lipinski definition) is 0. The number of nitrogens with zero attached hydrogens (tertiary/aromatic N) is 3. The number of halogens is 1. The van der Waals surface area contributed by atoms with Crippen molar-refractivity contribution in [2.75, 3.05) is 18.0 Å². The Morgan fingerprint density at radius 3 is 2.40 bits per heavy atom. The van der Waals surface area contributed by atoms with E-state index < -0.39 is 0 Å². The van der Waals surface area contributed by atoms with Gasteiger partial charge < -0.3 is 4.90 Å². The van der Waals surface area contributed by atoms with Gasteiger partial charge in [-0.05, 0) is 37.1 Å². The Bertz CT molecular complexity index is 847. The van der Waals surface area contributed by atoms with Crippen LogP contribution in [0.5, 0.6) is 0 Å². The molecule has 0 fully saturated rings. The minimum atomic E-state index is 0.680. The SMILES string of the molecule is CCCCN(CCC)c1nc(-c2ccccc2Cl)nc2ccccc12. The van der Waals surface area contributed by atoms with Crippen molar-refractivity contribution in [1.29, 1.82) is 0 Å². The van der Waals surface area contributed by atoms with Gasteiger partial charge in [-0.2, -0.15) is 0 Å². The molecule has 0 amide bonds. The molecule has 0 saturated carbocycles. The lowest BCUT2D eigenvalue weighted by Crippen LogP contribution is -2.26. The molecule has 0 aliphatic heterocycles. The van der Waals surface area contributed by atoms with Crippen LogP contribution in [0.25, 0.3) is 22.3 Å². The van der Waals surface area contributed by atoms with Gasteiger partial charge in [-0.1, -0.05) is 56.1 Å². The topological polar surface area (TPSA) is 29.0 Å². The van der Waals surface area contributed by atoms with E-state index in [4.69, 9.17) is 21.6 Å². The number of aromatic nitrogens is 2. The molecule has 0 radical (unpaired) electrons. The third kappa shape index (κ3) is 3.93. The van der Waals surface area contributed by atoms with Gasteiger partial charge in [0.15, 0.2) is 5.82 Å². The van der Waals surface area contributed by atoms with Gasteiger partial charge in [-0.3, -0.25) is 0 Å². The van der Waals surface area contributed by atoms with Crippen molar-refractivity contribution in [1.82, 2.24) is 9.97 Å². The maximum atomic E-state index is 6.39. The Hall–Kier alpha value is -2.13. The van der Waals surface area contributed by atoms with Crippen LogP contribution in [-0.4, -0.2) is 23.1 Å². The van der Waals surface area contributed by atoms with Crippen molar-refractivity contribution < 1.29 is 0 Å². The van der Waals surface area contributed by atoms with E-state index in [1.165, 1.54) is 6.42 Å². The molecule has 0 aliphatic rings. The van der Waals surface area contributed by atoms with E-state index in [1.54, 1.807) is 0 Å². The largest absolute Gasteiger partial charge is 0.356 e. The molecule has 3 nitrogen and oxygen atoms in total. The summed E-state index contributed by atoms with van der Waals surface area (Å²) >= 11 is 6.39. The monoisotopic (exact) mass is 353 g/mol. The Morgan fingerprint density at radius 2 is 1.64 bits per heavy atom. The molecule has 1 aromatic heterocycles. The van der Waals surface area contributed by atoms with E-state index in [-0.39, 0.29) is 0 Å². The van der Waals surface area contributed by atoms with Crippen LogP contribution in [0.1, 0.15) is 33.1 Å². The second-order valence-corrected chi connectivity index (χ2v) is 6.62. The van der Waals surface area contributed by atoms with Crippen LogP contribution < -0.4 is 4.90 Å². The molecule has 1 heterocycles. The maximum Gasteiger partial charge on any atom is 0.163 e. The summed E-state index contributed by atoms with van der Waals surface area (Å²) in [7, 11) is 0. The first-order valence-corrected chi connectivity index (χ1v) is 9.39. The molecule has 2 aromatic carbocycles. The van der Waals surface area contributed by atoms with Gasteiger partial charge >= 0.3 is 0 Å². The lowest BCUT2D eigenvalue weighted by atomic mass is 10.1. The van der Waals surface area contributed by atoms with E-state index in [0.29, 0.717) is 10.8 Å². The summed E-state index contributed by atoms with van der Waals surface area (Å²) in [5, 5.41) is 1.78. The summed E-state index contributed by atoms with van der Waals surface area (Å²) in [6.07, 6.45) is 3.41. The van der Waals surface area contributed by atoms with Gasteiger partial charge in [0, 0.05) is 24.0 Å². The molecule has 3 rings (SSSR count). The molecule has 0 saturated heterocycles. The van der Waals surface area contributed by atoms with Gasteiger partial charge in [-0.15, -0.1) is 0 Å². The van der Waals surface area contributed by atoms with Gasteiger partial charge in [0.25, 0.3) is 0 Å². The fourth-order valence-corrected chi connectivity index (χ4v) is 3.23. The second-order valence-electron chi connectivity index (χ2n) is 6.21. The van der Waals surface area contributed by atoms with Crippen LogP contribution in [0, 0.1) is 0 Å². The zero-order chi connectivity index (χ0) is 17.6. The number of para-hydroxylation sites is 1. The quantitative estimate of drug-likeness (QED) is 0.524. The molecular weight excluding hydrogens is 330 g/mol. The average Bonchev–Trinajstić information content (AvgIpc) is 2.64. The number of anilines is 1. The van der Waals surface area contributed by atoms with E-state index in [9.17, 15) is 0 Å². The second kappa shape index (κ2) is 8.30. The molecule has 0 atom stereocenters. The van der Waals surface area contributed by atoms with E-state index in [0.717, 1.165) is 48.2 Å². The average molecular weight is 354 g/mol. The minimum absolute atomic E-state index is 0.680. The van der Waals surface area contributed by atoms with E-state index in [2.05, 4.69) is 24.8 Å². The summed E-state index contributed by atoms with van der Waals surface area (Å²) in [6.45, 7) is 6.42. The maximum absolute atomic E-state index is 6.39. The fraction of sp³-hybridized carbons (Fsp3) is 0.333. The van der Waals surface area contributed by atoms with Gasteiger partial charge in [0.05, 0.1) is 10.5 Å². The fourth-order valence-electron chi connectivity index (χ4n) is 3.01. The van der Waals surface area contributed by atoms with Crippen LogP contribution in [0.4, 0.5) is 5.82 Å². The Labute approximate surface area is 154 Å². The smallest absolute Gasteiger partial charge is 0.163 e. The molecule has 0 unspecified atom stereocenters. The third-order valence-electron chi connectivity index (χ3n) is 4.27. The molecule has 0 N–H and O–H groups in total. The van der Waals surface area contributed by atoms with Crippen molar-refractivity contribution in [3.63, 3.8) is 0 Å². The highest BCUT2D eigenvalue weighted by atomic mass is 35.5. The summed E-state index contributed by atoms with van der Waals surface area (Å²) in [5.74, 6) is 1.70. The summed E-state index contributed by atoms with van der Waals surface area (Å²) in [5.41, 5.74) is 1.84. The van der Waals surface area contributed by atoms with E-state index in [1.807, 2.05) is 42.5 Å². The molecule has 3 aromatic rings. The number of hydrogen-bond acceptors (Lipinski definition) is 3. The lowest BCUT2D eigenvalue weighted by molar-refractivity contribution is 0.698. The van der Waals surface area contributed by atoms with Crippen molar-refractivity contribution in [3.8, 4) is 11.4 Å². The molecule has 0 bridgehead atoms. The highest BCUT2D eigenvalue weighted by molar-refractivity contribution is 6.33. The summed E-state index contributed by atoms with van der Waals surface area (Å²) in [6, 6.07) is 16.0. The molecule has 4 heteroatoms. The van der Waals surface area contributed by atoms with Crippen LogP contribution in [-0.2, 0) is 0 Å².